The van der Waals surface area contributed by atoms with E-state index < -0.39 is 11.7 Å². The molecule has 2 rings (SSSR count). The van der Waals surface area contributed by atoms with Gasteiger partial charge >= 0.3 is 12.1 Å². The Hall–Kier alpha value is -1.63. The fraction of sp³-hybridized carbons (Fsp3) is 0.429. The number of hydrogen-bond donors (Lipinski definition) is 0. The normalized spacial score (nSPS) is 18.5. The molecule has 0 aliphatic heterocycles. The smallest absolute Gasteiger partial charge is 0.416 e. The number of allylic oxidation sites excluding steroid dienone is 4. The molecule has 1 unspecified atom stereocenters. The molecule has 3 nitrogen and oxygen atoms in total. The van der Waals surface area contributed by atoms with Gasteiger partial charge in [-0.05, 0) is 13.3 Å². The van der Waals surface area contributed by atoms with Crippen LogP contribution in [-0.2, 0) is 16.0 Å². The van der Waals surface area contributed by atoms with Gasteiger partial charge in [-0.25, -0.2) is 4.98 Å². The predicted molar refractivity (Wildman–Crippen MR) is 73.1 cm³/mol. The van der Waals surface area contributed by atoms with Crippen LogP contribution < -0.4 is 0 Å². The van der Waals surface area contributed by atoms with Gasteiger partial charge < -0.3 is 4.74 Å². The summed E-state index contributed by atoms with van der Waals surface area (Å²) in [6.45, 7) is 2.04. The third-order valence-corrected chi connectivity index (χ3v) is 3.84. The Bertz CT molecular complexity index is 575. The highest BCUT2D eigenvalue weighted by Crippen LogP contribution is 2.34. The molecule has 1 aromatic rings. The van der Waals surface area contributed by atoms with Crippen LogP contribution >= 0.6 is 11.3 Å². The van der Waals surface area contributed by atoms with Crippen molar-refractivity contribution in [3.05, 3.63) is 39.9 Å². The molecule has 1 heterocycles. The average Bonchev–Trinajstić information content (AvgIpc) is 2.86. The van der Waals surface area contributed by atoms with Gasteiger partial charge in [0.15, 0.2) is 0 Å². The van der Waals surface area contributed by atoms with Crippen LogP contribution in [0.25, 0.3) is 0 Å². The molecule has 0 saturated heterocycles. The molecule has 0 saturated carbocycles. The average molecular weight is 317 g/mol. The van der Waals surface area contributed by atoms with Crippen molar-refractivity contribution >= 4 is 17.3 Å². The summed E-state index contributed by atoms with van der Waals surface area (Å²) in [5.41, 5.74) is 0.0637. The summed E-state index contributed by atoms with van der Waals surface area (Å²) in [6, 6.07) is 0. The number of rotatable bonds is 4. The van der Waals surface area contributed by atoms with Crippen molar-refractivity contribution in [1.29, 1.82) is 0 Å². The highest BCUT2D eigenvalue weighted by molar-refractivity contribution is 7.09. The summed E-state index contributed by atoms with van der Waals surface area (Å²) < 4.78 is 42.4. The van der Waals surface area contributed by atoms with Gasteiger partial charge in [0.2, 0.25) is 0 Å². The Morgan fingerprint density at radius 3 is 2.86 bits per heavy atom. The van der Waals surface area contributed by atoms with Crippen molar-refractivity contribution < 1.29 is 22.7 Å². The first-order valence-electron chi connectivity index (χ1n) is 6.45. The lowest BCUT2D eigenvalue weighted by Crippen LogP contribution is -2.13. The van der Waals surface area contributed by atoms with E-state index in [0.29, 0.717) is 17.3 Å². The minimum absolute atomic E-state index is 0.0958. The highest BCUT2D eigenvalue weighted by atomic mass is 32.1. The van der Waals surface area contributed by atoms with Crippen LogP contribution in [-0.4, -0.2) is 23.7 Å². The van der Waals surface area contributed by atoms with Crippen molar-refractivity contribution in [3.8, 4) is 0 Å². The quantitative estimate of drug-likeness (QED) is 0.793. The van der Waals surface area contributed by atoms with Crippen LogP contribution in [0.3, 0.4) is 0 Å². The largest absolute Gasteiger partial charge is 0.466 e. The van der Waals surface area contributed by atoms with E-state index in [1.165, 1.54) is 23.5 Å². The minimum Gasteiger partial charge on any atom is -0.466 e. The van der Waals surface area contributed by atoms with Gasteiger partial charge in [-0.2, -0.15) is 13.2 Å². The second kappa shape index (κ2) is 6.43. The number of carbonyl (C=O) groups excluding carboxylic acids is 1. The van der Waals surface area contributed by atoms with E-state index in [-0.39, 0.29) is 24.7 Å². The maximum absolute atomic E-state index is 12.5. The number of esters is 1. The Morgan fingerprint density at radius 2 is 2.29 bits per heavy atom. The molecule has 1 aromatic heterocycles. The van der Waals surface area contributed by atoms with Crippen molar-refractivity contribution in [2.24, 2.45) is 0 Å². The van der Waals surface area contributed by atoms with Gasteiger partial charge in [0, 0.05) is 11.3 Å². The number of ether oxygens (including phenoxy) is 1. The fourth-order valence-corrected chi connectivity index (χ4v) is 2.81. The number of thiazole rings is 1. The number of aromatic nitrogens is 1. The lowest BCUT2D eigenvalue weighted by Gasteiger charge is -2.16. The third-order valence-electron chi connectivity index (χ3n) is 2.98. The van der Waals surface area contributed by atoms with E-state index in [9.17, 15) is 18.0 Å². The maximum atomic E-state index is 12.5. The molecule has 0 amide bonds. The first-order chi connectivity index (χ1) is 9.90. The molecule has 114 valence electrons. The monoisotopic (exact) mass is 317 g/mol. The fourth-order valence-electron chi connectivity index (χ4n) is 1.96. The summed E-state index contributed by atoms with van der Waals surface area (Å²) in [4.78, 5) is 15.6. The first-order valence-corrected chi connectivity index (χ1v) is 7.33. The van der Waals surface area contributed by atoms with Crippen LogP contribution in [0.4, 0.5) is 13.2 Å². The summed E-state index contributed by atoms with van der Waals surface area (Å²) in [6.07, 6.45) is -0.190. The zero-order chi connectivity index (χ0) is 15.5. The molecular formula is C14H14F3NO2S. The van der Waals surface area contributed by atoms with E-state index in [0.717, 1.165) is 6.08 Å². The maximum Gasteiger partial charge on any atom is 0.416 e. The Kier molecular flexibility index (Phi) is 4.82. The van der Waals surface area contributed by atoms with Crippen molar-refractivity contribution in [2.75, 3.05) is 6.61 Å². The third kappa shape index (κ3) is 4.17. The van der Waals surface area contributed by atoms with Crippen LogP contribution in [0.2, 0.25) is 0 Å². The zero-order valence-electron chi connectivity index (χ0n) is 11.3. The topological polar surface area (TPSA) is 39.2 Å². The van der Waals surface area contributed by atoms with Gasteiger partial charge in [-0.15, -0.1) is 11.3 Å². The second-order valence-electron chi connectivity index (χ2n) is 4.51. The predicted octanol–water partition coefficient (Wildman–Crippen LogP) is 3.78. The summed E-state index contributed by atoms with van der Waals surface area (Å²) in [7, 11) is 0. The molecule has 21 heavy (non-hydrogen) atoms. The lowest BCUT2D eigenvalue weighted by molar-refractivity contribution is -0.142. The van der Waals surface area contributed by atoms with Gasteiger partial charge in [0.05, 0.1) is 24.3 Å². The first kappa shape index (κ1) is 15.8. The standard InChI is InChI=1S/C14H14F3NO2S/c1-2-20-13(19)7-12-18-11(8-21-12)9-3-5-10(6-4-9)14(15,16)17/h3,5-6,8-9H,2,4,7H2,1H3. The van der Waals surface area contributed by atoms with Gasteiger partial charge in [0.25, 0.3) is 0 Å². The number of nitrogens with zero attached hydrogens (tertiary/aromatic N) is 1. The van der Waals surface area contributed by atoms with Crippen LogP contribution in [0, 0.1) is 0 Å². The van der Waals surface area contributed by atoms with Crippen molar-refractivity contribution in [3.63, 3.8) is 0 Å². The molecule has 1 aliphatic rings. The number of hydrogen-bond acceptors (Lipinski definition) is 4. The van der Waals surface area contributed by atoms with E-state index in [1.54, 1.807) is 12.3 Å². The molecule has 1 atom stereocenters. The van der Waals surface area contributed by atoms with Crippen LogP contribution in [0.15, 0.2) is 29.2 Å². The van der Waals surface area contributed by atoms with Gasteiger partial charge in [0.1, 0.15) is 5.01 Å². The zero-order valence-corrected chi connectivity index (χ0v) is 12.1. The summed E-state index contributed by atoms with van der Waals surface area (Å²) in [5, 5.41) is 2.39. The number of halogens is 3. The molecular weight excluding hydrogens is 303 g/mol. The Labute approximate surface area is 124 Å². The van der Waals surface area contributed by atoms with E-state index in [2.05, 4.69) is 4.98 Å². The summed E-state index contributed by atoms with van der Waals surface area (Å²) in [5.74, 6) is -0.528. The minimum atomic E-state index is -4.31. The Morgan fingerprint density at radius 1 is 1.52 bits per heavy atom. The van der Waals surface area contributed by atoms with Crippen molar-refractivity contribution in [1.82, 2.24) is 4.98 Å². The molecule has 0 N–H and O–H groups in total. The lowest BCUT2D eigenvalue weighted by atomic mass is 9.94. The molecule has 0 bridgehead atoms. The molecule has 0 aromatic carbocycles. The van der Waals surface area contributed by atoms with Gasteiger partial charge in [-0.3, -0.25) is 4.79 Å². The molecule has 0 fully saturated rings. The molecule has 0 spiro atoms. The Balaban J connectivity index is 1.99. The summed E-state index contributed by atoms with van der Waals surface area (Å²) >= 11 is 1.31. The van der Waals surface area contributed by atoms with Crippen LogP contribution in [0.1, 0.15) is 30.0 Å². The van der Waals surface area contributed by atoms with Crippen LogP contribution in [0.5, 0.6) is 0 Å². The van der Waals surface area contributed by atoms with E-state index in [1.807, 2.05) is 0 Å². The molecule has 1 aliphatic carbocycles. The van der Waals surface area contributed by atoms with Gasteiger partial charge in [-0.1, -0.05) is 18.2 Å². The van der Waals surface area contributed by atoms with E-state index in [4.69, 9.17) is 4.74 Å². The highest BCUT2D eigenvalue weighted by Gasteiger charge is 2.33. The number of carbonyl (C=O) groups is 1. The SMILES string of the molecule is CCOC(=O)Cc1nc(C2C=CC(C(F)(F)F)=CC2)cs1. The molecule has 7 heteroatoms. The van der Waals surface area contributed by atoms with Crippen molar-refractivity contribution in [2.45, 2.75) is 31.9 Å². The second-order valence-corrected chi connectivity index (χ2v) is 5.45. The van der Waals surface area contributed by atoms with E-state index >= 15 is 0 Å². The molecule has 0 radical (unpaired) electrons. The number of alkyl halides is 3.